The lowest BCUT2D eigenvalue weighted by atomic mass is 9.96. The van der Waals surface area contributed by atoms with E-state index in [2.05, 4.69) is 15.1 Å². The fourth-order valence-electron chi connectivity index (χ4n) is 3.76. The molecule has 0 saturated carbocycles. The maximum atomic E-state index is 13.3. The summed E-state index contributed by atoms with van der Waals surface area (Å²) in [6, 6.07) is 2.79. The van der Waals surface area contributed by atoms with Crippen LogP contribution in [-0.4, -0.2) is 36.9 Å². The summed E-state index contributed by atoms with van der Waals surface area (Å²) in [5.74, 6) is -2.06. The Morgan fingerprint density at radius 2 is 1.90 bits per heavy atom. The molecule has 162 valence electrons. The molecule has 1 aliphatic heterocycles. The molecule has 0 saturated heterocycles. The number of hydrogen-bond donors (Lipinski definition) is 1. The molecule has 3 aromatic rings. The molecule has 3 aromatic heterocycles. The molecule has 11 heteroatoms. The number of nitrogens with zero attached hydrogens (tertiary/aromatic N) is 5. The average Bonchev–Trinajstić information content (AvgIpc) is 3.16. The van der Waals surface area contributed by atoms with Crippen molar-refractivity contribution in [3.63, 3.8) is 0 Å². The van der Waals surface area contributed by atoms with E-state index in [0.29, 0.717) is 28.1 Å². The fourth-order valence-corrected chi connectivity index (χ4v) is 3.76. The normalized spacial score (nSPS) is 15.5. The summed E-state index contributed by atoms with van der Waals surface area (Å²) >= 11 is 0. The molecule has 0 aliphatic carbocycles. The van der Waals surface area contributed by atoms with Gasteiger partial charge < -0.3 is 5.11 Å². The summed E-state index contributed by atoms with van der Waals surface area (Å²) in [6.45, 7) is 3.86. The van der Waals surface area contributed by atoms with Crippen LogP contribution in [0.25, 0.3) is 11.3 Å². The lowest BCUT2D eigenvalue weighted by Gasteiger charge is -2.30. The standard InChI is InChI=1S/C20H17F4N5O2/c1-10-4-13(11-5-14(30)17(21)25-6-11)27-16-15(10)18(31)29(19(16,2)3)12-7-26-28(8-12)9-20(22,23)24/h4-8,30H,9H2,1-3H3. The van der Waals surface area contributed by atoms with Crippen LogP contribution in [0.2, 0.25) is 0 Å². The maximum absolute atomic E-state index is 13.3. The lowest BCUT2D eigenvalue weighted by molar-refractivity contribution is -0.142. The van der Waals surface area contributed by atoms with Gasteiger partial charge in [-0.15, -0.1) is 0 Å². The van der Waals surface area contributed by atoms with Crippen molar-refractivity contribution < 1.29 is 27.5 Å². The van der Waals surface area contributed by atoms with Crippen molar-refractivity contribution >= 4 is 11.6 Å². The van der Waals surface area contributed by atoms with Crippen molar-refractivity contribution in [3.05, 3.63) is 53.5 Å². The van der Waals surface area contributed by atoms with Crippen LogP contribution in [-0.2, 0) is 12.1 Å². The molecule has 4 heterocycles. The molecule has 0 bridgehead atoms. The Balaban J connectivity index is 1.78. The van der Waals surface area contributed by atoms with E-state index in [0.717, 1.165) is 10.9 Å². The summed E-state index contributed by atoms with van der Waals surface area (Å²) in [6.07, 6.45) is -0.864. The van der Waals surface area contributed by atoms with Gasteiger partial charge >= 0.3 is 6.18 Å². The van der Waals surface area contributed by atoms with Crippen LogP contribution in [0.15, 0.2) is 30.7 Å². The third-order valence-electron chi connectivity index (χ3n) is 5.11. The van der Waals surface area contributed by atoms with Gasteiger partial charge in [0.1, 0.15) is 6.54 Å². The summed E-state index contributed by atoms with van der Waals surface area (Å²) in [7, 11) is 0. The zero-order valence-corrected chi connectivity index (χ0v) is 16.7. The van der Waals surface area contributed by atoms with E-state index >= 15 is 0 Å². The zero-order valence-electron chi connectivity index (χ0n) is 16.7. The van der Waals surface area contributed by atoms with E-state index in [9.17, 15) is 27.5 Å². The number of amides is 1. The molecule has 1 N–H and O–H groups in total. The quantitative estimate of drug-likeness (QED) is 0.498. The van der Waals surface area contributed by atoms with E-state index in [1.54, 1.807) is 26.8 Å². The molecule has 1 amide bonds. The first-order valence-electron chi connectivity index (χ1n) is 9.19. The Kier molecular flexibility index (Phi) is 4.52. The number of rotatable bonds is 3. The van der Waals surface area contributed by atoms with Gasteiger partial charge in [-0.25, -0.2) is 9.97 Å². The van der Waals surface area contributed by atoms with Crippen LogP contribution in [0.3, 0.4) is 0 Å². The van der Waals surface area contributed by atoms with Gasteiger partial charge in [-0.1, -0.05) is 0 Å². The maximum Gasteiger partial charge on any atom is 0.408 e. The minimum atomic E-state index is -4.45. The third-order valence-corrected chi connectivity index (χ3v) is 5.11. The van der Waals surface area contributed by atoms with Crippen LogP contribution in [0.1, 0.15) is 35.5 Å². The summed E-state index contributed by atoms with van der Waals surface area (Å²) in [5.41, 5.74) is 1.23. The molecule has 1 aliphatic rings. The Labute approximate surface area is 174 Å². The number of carbonyl (C=O) groups is 1. The van der Waals surface area contributed by atoms with Gasteiger partial charge in [0.2, 0.25) is 0 Å². The van der Waals surface area contributed by atoms with Crippen molar-refractivity contribution in [2.24, 2.45) is 0 Å². The number of aromatic nitrogens is 4. The Bertz CT molecular complexity index is 1200. The zero-order chi connectivity index (χ0) is 22.7. The topological polar surface area (TPSA) is 84.1 Å². The summed E-state index contributed by atoms with van der Waals surface area (Å²) < 4.78 is 52.1. The molecule has 31 heavy (non-hydrogen) atoms. The van der Waals surface area contributed by atoms with Gasteiger partial charge in [-0.05, 0) is 38.5 Å². The van der Waals surface area contributed by atoms with Gasteiger partial charge in [0.25, 0.3) is 11.9 Å². The SMILES string of the molecule is Cc1cc(-c2cnc(F)c(O)c2)nc2c1C(=O)N(c1cnn(CC(F)(F)F)c1)C2(C)C. The number of anilines is 1. The fraction of sp³-hybridized carbons (Fsp3) is 0.300. The minimum absolute atomic E-state index is 0.208. The van der Waals surface area contributed by atoms with E-state index < -0.39 is 35.9 Å². The third kappa shape index (κ3) is 3.49. The number of alkyl halides is 3. The first-order chi connectivity index (χ1) is 14.4. The summed E-state index contributed by atoms with van der Waals surface area (Å²) in [5, 5.41) is 13.4. The van der Waals surface area contributed by atoms with Crippen LogP contribution in [0, 0.1) is 12.9 Å². The van der Waals surface area contributed by atoms with Crippen molar-refractivity contribution in [1.82, 2.24) is 19.7 Å². The number of fused-ring (bicyclic) bond motifs is 1. The highest BCUT2D eigenvalue weighted by Crippen LogP contribution is 2.43. The highest BCUT2D eigenvalue weighted by Gasteiger charge is 2.47. The minimum Gasteiger partial charge on any atom is -0.504 e. The monoisotopic (exact) mass is 435 g/mol. The number of carbonyl (C=O) groups excluding carboxylic acids is 1. The van der Waals surface area contributed by atoms with Gasteiger partial charge in [0.15, 0.2) is 5.75 Å². The van der Waals surface area contributed by atoms with Gasteiger partial charge in [-0.2, -0.15) is 22.7 Å². The van der Waals surface area contributed by atoms with Gasteiger partial charge in [0.05, 0.1) is 34.4 Å². The number of hydrogen-bond acceptors (Lipinski definition) is 5. The van der Waals surface area contributed by atoms with E-state index in [-0.39, 0.29) is 5.69 Å². The van der Waals surface area contributed by atoms with Crippen LogP contribution in [0.4, 0.5) is 23.2 Å². The number of halogens is 4. The number of pyridine rings is 2. The van der Waals surface area contributed by atoms with Crippen molar-refractivity contribution in [2.45, 2.75) is 39.0 Å². The Morgan fingerprint density at radius 3 is 2.55 bits per heavy atom. The second-order valence-corrected chi connectivity index (χ2v) is 7.79. The second kappa shape index (κ2) is 6.76. The molecule has 0 unspecified atom stereocenters. The van der Waals surface area contributed by atoms with Crippen LogP contribution in [0.5, 0.6) is 5.75 Å². The number of aromatic hydroxyl groups is 1. The predicted octanol–water partition coefficient (Wildman–Crippen LogP) is 3.95. The first kappa shape index (κ1) is 20.8. The predicted molar refractivity (Wildman–Crippen MR) is 102 cm³/mol. The largest absolute Gasteiger partial charge is 0.504 e. The van der Waals surface area contributed by atoms with Crippen molar-refractivity contribution in [3.8, 4) is 17.0 Å². The molecule has 0 spiro atoms. The van der Waals surface area contributed by atoms with Gasteiger partial charge in [-0.3, -0.25) is 14.4 Å². The van der Waals surface area contributed by atoms with Crippen LogP contribution >= 0.6 is 0 Å². The smallest absolute Gasteiger partial charge is 0.408 e. The molecular weight excluding hydrogens is 418 g/mol. The van der Waals surface area contributed by atoms with Crippen molar-refractivity contribution in [2.75, 3.05) is 4.90 Å². The molecule has 7 nitrogen and oxygen atoms in total. The Morgan fingerprint density at radius 1 is 1.19 bits per heavy atom. The highest BCUT2D eigenvalue weighted by atomic mass is 19.4. The van der Waals surface area contributed by atoms with Crippen molar-refractivity contribution in [1.29, 1.82) is 0 Å². The average molecular weight is 435 g/mol. The molecule has 4 rings (SSSR count). The first-order valence-corrected chi connectivity index (χ1v) is 9.19. The van der Waals surface area contributed by atoms with Gasteiger partial charge in [0, 0.05) is 18.0 Å². The molecule has 0 radical (unpaired) electrons. The van der Waals surface area contributed by atoms with E-state index in [1.807, 2.05) is 0 Å². The summed E-state index contributed by atoms with van der Waals surface area (Å²) in [4.78, 5) is 22.6. The van der Waals surface area contributed by atoms with Crippen LogP contribution < -0.4 is 4.90 Å². The molecule has 0 aromatic carbocycles. The highest BCUT2D eigenvalue weighted by molar-refractivity contribution is 6.12. The second-order valence-electron chi connectivity index (χ2n) is 7.79. The Hall–Kier alpha value is -3.50. The van der Waals surface area contributed by atoms with E-state index in [1.165, 1.54) is 23.4 Å². The van der Waals surface area contributed by atoms with E-state index in [4.69, 9.17) is 0 Å². The molecule has 0 atom stereocenters. The molecule has 0 fully saturated rings. The lowest BCUT2D eigenvalue weighted by Crippen LogP contribution is -2.39. The number of aryl methyl sites for hydroxylation is 1. The molecular formula is C20H17F4N5O2.